The van der Waals surface area contributed by atoms with Gasteiger partial charge >= 0.3 is 0 Å². The van der Waals surface area contributed by atoms with Crippen molar-refractivity contribution in [3.05, 3.63) is 253 Å². The first-order valence-electron chi connectivity index (χ1n) is 21.5. The maximum Gasteiger partial charge on any atom is 0.164 e. The zero-order valence-electron chi connectivity index (χ0n) is 34.6. The predicted octanol–water partition coefficient (Wildman–Crippen LogP) is 13.3. The fraction of sp³-hybridized carbons (Fsp3) is 0.0172. The maximum absolute atomic E-state index is 5.14. The second-order valence-electron chi connectivity index (χ2n) is 16.1. The number of rotatable bonds is 8. The van der Waals surface area contributed by atoms with Gasteiger partial charge in [0.25, 0.3) is 0 Å². The number of benzene rings is 8. The number of fused-ring (bicyclic) bond motifs is 4. The van der Waals surface area contributed by atoms with E-state index < -0.39 is 5.41 Å². The summed E-state index contributed by atoms with van der Waals surface area (Å²) in [6, 6.07) is 78.9. The number of pyridine rings is 1. The van der Waals surface area contributed by atoms with Crippen molar-refractivity contribution < 1.29 is 0 Å². The molecule has 0 N–H and O–H groups in total. The van der Waals surface area contributed by atoms with Crippen LogP contribution in [0, 0.1) is 0 Å². The summed E-state index contributed by atoms with van der Waals surface area (Å²) < 4.78 is 2.26. The first-order chi connectivity index (χ1) is 31.7. The van der Waals surface area contributed by atoms with Crippen LogP contribution in [0.15, 0.2) is 231 Å². The van der Waals surface area contributed by atoms with Crippen molar-refractivity contribution in [1.29, 1.82) is 0 Å². The van der Waals surface area contributed by atoms with Crippen molar-refractivity contribution in [2.45, 2.75) is 5.41 Å². The van der Waals surface area contributed by atoms with Crippen LogP contribution in [0.4, 0.5) is 0 Å². The zero-order chi connectivity index (χ0) is 42.5. The van der Waals surface area contributed by atoms with Crippen LogP contribution < -0.4 is 0 Å². The first kappa shape index (κ1) is 37.2. The summed E-state index contributed by atoms with van der Waals surface area (Å²) in [6.45, 7) is 0. The van der Waals surface area contributed by atoms with Crippen LogP contribution in [0.3, 0.4) is 0 Å². The Morgan fingerprint density at radius 1 is 0.359 bits per heavy atom. The van der Waals surface area contributed by atoms with Crippen molar-refractivity contribution in [2.24, 2.45) is 0 Å². The molecule has 6 nitrogen and oxygen atoms in total. The Hall–Kier alpha value is -8.61. The molecule has 8 aromatic carbocycles. The SMILES string of the molecule is c1ccc(-c2nc(-c3ccccc3)nc(-c3ccc(-c4ccc5c(c4)C(c4ccccc4)(c4ccccc4)c4cc(-n6c(-c7ccccn7)nc7ccccc76)ccc4-5)cc3)n2)cc1. The summed E-state index contributed by atoms with van der Waals surface area (Å²) in [6.07, 6.45) is 1.83. The summed E-state index contributed by atoms with van der Waals surface area (Å²) in [5.74, 6) is 2.71. The molecule has 64 heavy (non-hydrogen) atoms. The van der Waals surface area contributed by atoms with Gasteiger partial charge in [0.15, 0.2) is 23.3 Å². The lowest BCUT2D eigenvalue weighted by atomic mass is 9.67. The van der Waals surface area contributed by atoms with E-state index in [0.29, 0.717) is 17.5 Å². The highest BCUT2D eigenvalue weighted by Gasteiger charge is 2.46. The molecule has 0 atom stereocenters. The Kier molecular flexibility index (Phi) is 8.94. The van der Waals surface area contributed by atoms with Crippen molar-refractivity contribution >= 4 is 11.0 Å². The number of aromatic nitrogens is 6. The molecular weight excluding hydrogens is 781 g/mol. The standard InChI is InChI=1S/C58H38N6/c1-5-17-40(18-6-1)54-61-55(41-19-7-2-8-20-41)63-56(62-54)42-30-28-39(29-31-42)43-32-34-47-48-35-33-46(64-53-27-14-13-25-51(53)60-57(64)52-26-15-16-36-59-52)38-50(48)58(49(47)37-43,44-21-9-3-10-22-44)45-23-11-4-12-24-45/h1-38H. The molecule has 0 fully saturated rings. The minimum Gasteiger partial charge on any atom is -0.291 e. The van der Waals surface area contributed by atoms with Crippen LogP contribution >= 0.6 is 0 Å². The van der Waals surface area contributed by atoms with Crippen molar-refractivity contribution in [2.75, 3.05) is 0 Å². The smallest absolute Gasteiger partial charge is 0.164 e. The first-order valence-corrected chi connectivity index (χ1v) is 21.5. The van der Waals surface area contributed by atoms with Crippen molar-refractivity contribution in [3.8, 4) is 73.6 Å². The molecule has 3 heterocycles. The van der Waals surface area contributed by atoms with Gasteiger partial charge in [0.2, 0.25) is 0 Å². The third kappa shape index (κ3) is 6.15. The van der Waals surface area contributed by atoms with E-state index in [1.807, 2.05) is 91.1 Å². The molecular formula is C58H38N6. The maximum atomic E-state index is 5.14. The molecule has 12 rings (SSSR count). The molecule has 6 heteroatoms. The topological polar surface area (TPSA) is 69.4 Å². The Morgan fingerprint density at radius 3 is 1.44 bits per heavy atom. The van der Waals surface area contributed by atoms with E-state index in [0.717, 1.165) is 56.1 Å². The Bertz CT molecular complexity index is 3360. The third-order valence-electron chi connectivity index (χ3n) is 12.4. The minimum atomic E-state index is -0.632. The van der Waals surface area contributed by atoms with Gasteiger partial charge in [-0.05, 0) is 87.0 Å². The van der Waals surface area contributed by atoms with Crippen LogP contribution in [-0.2, 0) is 5.41 Å². The number of nitrogens with zero attached hydrogens (tertiary/aromatic N) is 6. The number of hydrogen-bond acceptors (Lipinski definition) is 5. The van der Waals surface area contributed by atoms with E-state index in [-0.39, 0.29) is 0 Å². The Labute approximate surface area is 371 Å². The number of imidazole rings is 1. The molecule has 1 aliphatic rings. The van der Waals surface area contributed by atoms with Crippen LogP contribution in [0.5, 0.6) is 0 Å². The van der Waals surface area contributed by atoms with E-state index in [4.69, 9.17) is 24.9 Å². The molecule has 0 aliphatic heterocycles. The van der Waals surface area contributed by atoms with E-state index in [1.165, 1.54) is 33.4 Å². The van der Waals surface area contributed by atoms with E-state index in [9.17, 15) is 0 Å². The average molecular weight is 819 g/mol. The van der Waals surface area contributed by atoms with Crippen molar-refractivity contribution in [3.63, 3.8) is 0 Å². The van der Waals surface area contributed by atoms with Gasteiger partial charge in [0.1, 0.15) is 5.69 Å². The summed E-state index contributed by atoms with van der Waals surface area (Å²) >= 11 is 0. The van der Waals surface area contributed by atoms with Gasteiger partial charge in [-0.2, -0.15) is 0 Å². The molecule has 0 radical (unpaired) electrons. The molecule has 0 saturated heterocycles. The van der Waals surface area contributed by atoms with E-state index in [2.05, 4.69) is 144 Å². The van der Waals surface area contributed by atoms with E-state index in [1.54, 1.807) is 0 Å². The normalized spacial score (nSPS) is 12.5. The number of hydrogen-bond donors (Lipinski definition) is 0. The molecule has 11 aromatic rings. The lowest BCUT2D eigenvalue weighted by Gasteiger charge is -2.34. The van der Waals surface area contributed by atoms with Gasteiger partial charge in [-0.15, -0.1) is 0 Å². The van der Waals surface area contributed by atoms with Crippen LogP contribution in [0.1, 0.15) is 22.3 Å². The molecule has 0 saturated carbocycles. The predicted molar refractivity (Wildman–Crippen MR) is 257 cm³/mol. The quantitative estimate of drug-likeness (QED) is 0.153. The second kappa shape index (κ2) is 15.4. The summed E-state index contributed by atoms with van der Waals surface area (Å²) in [5, 5.41) is 0. The van der Waals surface area contributed by atoms with Crippen molar-refractivity contribution in [1.82, 2.24) is 29.5 Å². The summed E-state index contributed by atoms with van der Waals surface area (Å²) in [4.78, 5) is 24.8. The molecule has 0 spiro atoms. The minimum absolute atomic E-state index is 0.628. The highest BCUT2D eigenvalue weighted by molar-refractivity contribution is 5.90. The molecule has 0 amide bonds. The summed E-state index contributed by atoms with van der Waals surface area (Å²) in [7, 11) is 0. The molecule has 1 aliphatic carbocycles. The second-order valence-corrected chi connectivity index (χ2v) is 16.1. The van der Waals surface area contributed by atoms with Crippen LogP contribution in [0.25, 0.3) is 84.7 Å². The summed E-state index contributed by atoms with van der Waals surface area (Å²) in [5.41, 5.74) is 15.4. The Morgan fingerprint density at radius 2 is 0.844 bits per heavy atom. The lowest BCUT2D eigenvalue weighted by molar-refractivity contribution is 0.767. The highest BCUT2D eigenvalue weighted by atomic mass is 15.1. The van der Waals surface area contributed by atoms with Gasteiger partial charge in [-0.25, -0.2) is 19.9 Å². The van der Waals surface area contributed by atoms with E-state index >= 15 is 0 Å². The molecule has 300 valence electrons. The monoisotopic (exact) mass is 818 g/mol. The van der Waals surface area contributed by atoms with Gasteiger partial charge in [-0.3, -0.25) is 9.55 Å². The van der Waals surface area contributed by atoms with Gasteiger partial charge < -0.3 is 0 Å². The van der Waals surface area contributed by atoms with Gasteiger partial charge in [-0.1, -0.05) is 182 Å². The third-order valence-corrected chi connectivity index (χ3v) is 12.4. The number of para-hydroxylation sites is 2. The molecule has 0 unspecified atom stereocenters. The fourth-order valence-electron chi connectivity index (χ4n) is 9.50. The lowest BCUT2D eigenvalue weighted by Crippen LogP contribution is -2.28. The average Bonchev–Trinajstić information content (AvgIpc) is 3.91. The zero-order valence-corrected chi connectivity index (χ0v) is 34.6. The fourth-order valence-corrected chi connectivity index (χ4v) is 9.50. The largest absolute Gasteiger partial charge is 0.291 e. The Balaban J connectivity index is 1.02. The van der Waals surface area contributed by atoms with Crippen LogP contribution in [0.2, 0.25) is 0 Å². The molecule has 0 bridgehead atoms. The van der Waals surface area contributed by atoms with Gasteiger partial charge in [0, 0.05) is 28.6 Å². The van der Waals surface area contributed by atoms with Gasteiger partial charge in [0.05, 0.1) is 16.4 Å². The highest BCUT2D eigenvalue weighted by Crippen LogP contribution is 2.57. The molecule has 3 aromatic heterocycles. The van der Waals surface area contributed by atoms with Crippen LogP contribution in [-0.4, -0.2) is 29.5 Å².